The van der Waals surface area contributed by atoms with E-state index in [1.165, 1.54) is 11.1 Å². The number of benzene rings is 2. The van der Waals surface area contributed by atoms with Crippen molar-refractivity contribution in [2.45, 2.75) is 53.9 Å². The van der Waals surface area contributed by atoms with Gasteiger partial charge in [0.2, 0.25) is 0 Å². The lowest BCUT2D eigenvalue weighted by Crippen LogP contribution is -2.09. The van der Waals surface area contributed by atoms with Gasteiger partial charge < -0.3 is 19.5 Å². The normalized spacial score (nSPS) is 11.8. The summed E-state index contributed by atoms with van der Waals surface area (Å²) in [6.07, 6.45) is 0.941. The minimum Gasteiger partial charge on any atom is -0.508 e. The highest BCUT2D eigenvalue weighted by Gasteiger charge is 2.23. The third-order valence-corrected chi connectivity index (χ3v) is 6.77. The summed E-state index contributed by atoms with van der Waals surface area (Å²) in [6, 6.07) is 9.98. The zero-order valence-corrected chi connectivity index (χ0v) is 19.3. The third-order valence-electron chi connectivity index (χ3n) is 4.92. The van der Waals surface area contributed by atoms with Crippen LogP contribution in [0.4, 0.5) is 5.69 Å². The first-order valence-corrected chi connectivity index (χ1v) is 12.0. The highest BCUT2D eigenvalue weighted by molar-refractivity contribution is 7.53. The lowest BCUT2D eigenvalue weighted by Gasteiger charge is -2.19. The number of rotatable bonds is 10. The number of aromatic hydroxyl groups is 1. The molecular formula is C23H34NO4P. The molecule has 0 spiro atoms. The zero-order valence-electron chi connectivity index (χ0n) is 18.4. The average molecular weight is 420 g/mol. The Hall–Kier alpha value is -1.81. The van der Waals surface area contributed by atoms with Crippen LogP contribution in [-0.2, 0) is 20.0 Å². The van der Waals surface area contributed by atoms with Gasteiger partial charge in [-0.3, -0.25) is 4.57 Å². The maximum atomic E-state index is 12.7. The molecule has 2 N–H and O–H groups in total. The van der Waals surface area contributed by atoms with Crippen LogP contribution in [0.25, 0.3) is 0 Å². The van der Waals surface area contributed by atoms with Gasteiger partial charge in [0.25, 0.3) is 0 Å². The van der Waals surface area contributed by atoms with Gasteiger partial charge in [-0.15, -0.1) is 0 Å². The molecule has 0 saturated heterocycles. The Morgan fingerprint density at radius 3 is 2.14 bits per heavy atom. The summed E-state index contributed by atoms with van der Waals surface area (Å²) in [5.74, 6) is 0.625. The van der Waals surface area contributed by atoms with Crippen LogP contribution in [0.2, 0.25) is 0 Å². The standard InChI is InChI=1S/C23H34NO4P/c1-7-27-29(26,28-8-2)15-24-20-11-17(5)22(18(6)12-20)14-19-9-10-23(25)21(13-19)16(3)4/h9-13,16,24-25H,7-8,14-15H2,1-6H3. The molecule has 0 saturated carbocycles. The molecule has 5 nitrogen and oxygen atoms in total. The van der Waals surface area contributed by atoms with Crippen LogP contribution >= 0.6 is 7.60 Å². The topological polar surface area (TPSA) is 67.8 Å². The Balaban J connectivity index is 2.19. The Morgan fingerprint density at radius 1 is 1.03 bits per heavy atom. The minimum atomic E-state index is -3.14. The summed E-state index contributed by atoms with van der Waals surface area (Å²) in [5, 5.41) is 13.3. The van der Waals surface area contributed by atoms with Crippen LogP contribution in [0.1, 0.15) is 61.4 Å². The second-order valence-corrected chi connectivity index (χ2v) is 9.65. The van der Waals surface area contributed by atoms with E-state index in [0.717, 1.165) is 28.8 Å². The van der Waals surface area contributed by atoms with Gasteiger partial charge in [0.1, 0.15) is 12.0 Å². The molecule has 0 amide bonds. The van der Waals surface area contributed by atoms with Gasteiger partial charge in [0.15, 0.2) is 0 Å². The average Bonchev–Trinajstić information content (AvgIpc) is 2.64. The Kier molecular flexibility index (Phi) is 8.33. The number of nitrogens with one attached hydrogen (secondary N) is 1. The molecule has 6 heteroatoms. The predicted octanol–water partition coefficient (Wildman–Crippen LogP) is 6.36. The molecular weight excluding hydrogens is 385 g/mol. The quantitative estimate of drug-likeness (QED) is 0.439. The van der Waals surface area contributed by atoms with E-state index in [2.05, 4.69) is 51.2 Å². The first kappa shape index (κ1) is 23.5. The van der Waals surface area contributed by atoms with Gasteiger partial charge in [-0.1, -0.05) is 26.0 Å². The molecule has 0 aromatic heterocycles. The van der Waals surface area contributed by atoms with Crippen molar-refractivity contribution in [3.05, 3.63) is 58.1 Å². The summed E-state index contributed by atoms with van der Waals surface area (Å²) in [7, 11) is -3.14. The molecule has 0 heterocycles. The smallest absolute Gasteiger partial charge is 0.349 e. The molecule has 29 heavy (non-hydrogen) atoms. The number of hydrogen-bond donors (Lipinski definition) is 2. The van der Waals surface area contributed by atoms with E-state index in [9.17, 15) is 9.67 Å². The molecule has 0 bridgehead atoms. The Bertz CT molecular complexity index is 846. The number of hydrogen-bond acceptors (Lipinski definition) is 5. The Morgan fingerprint density at radius 2 is 1.62 bits per heavy atom. The van der Waals surface area contributed by atoms with Crippen LogP contribution in [0.3, 0.4) is 0 Å². The van der Waals surface area contributed by atoms with Gasteiger partial charge in [0.05, 0.1) is 13.2 Å². The van der Waals surface area contributed by atoms with E-state index in [1.54, 1.807) is 6.07 Å². The van der Waals surface area contributed by atoms with Crippen molar-refractivity contribution < 1.29 is 18.7 Å². The van der Waals surface area contributed by atoms with Crippen LogP contribution in [0.15, 0.2) is 30.3 Å². The first-order valence-electron chi connectivity index (χ1n) is 10.2. The molecule has 0 unspecified atom stereocenters. The SMILES string of the molecule is CCOP(=O)(CNc1cc(C)c(Cc2ccc(O)c(C(C)C)c2)c(C)c1)OCC. The van der Waals surface area contributed by atoms with Crippen molar-refractivity contribution in [1.82, 2.24) is 0 Å². The molecule has 2 aromatic rings. The number of phenols is 1. The van der Waals surface area contributed by atoms with Crippen LogP contribution < -0.4 is 5.32 Å². The molecule has 0 atom stereocenters. The lowest BCUT2D eigenvalue weighted by molar-refractivity contribution is 0.221. The molecule has 2 aromatic carbocycles. The summed E-state index contributed by atoms with van der Waals surface area (Å²) in [4.78, 5) is 0. The van der Waals surface area contributed by atoms with Crippen molar-refractivity contribution in [1.29, 1.82) is 0 Å². The van der Waals surface area contributed by atoms with E-state index in [-0.39, 0.29) is 12.2 Å². The Labute approximate surface area is 175 Å². The summed E-state index contributed by atoms with van der Waals surface area (Å²) >= 11 is 0. The van der Waals surface area contributed by atoms with Crippen molar-refractivity contribution in [2.75, 3.05) is 24.8 Å². The third kappa shape index (κ3) is 6.33. The van der Waals surface area contributed by atoms with Gasteiger partial charge in [0, 0.05) is 5.69 Å². The van der Waals surface area contributed by atoms with Gasteiger partial charge in [-0.05, 0) is 86.1 Å². The summed E-state index contributed by atoms with van der Waals surface area (Å²) in [5.41, 5.74) is 6.63. The lowest BCUT2D eigenvalue weighted by atomic mass is 9.92. The summed E-state index contributed by atoms with van der Waals surface area (Å²) < 4.78 is 23.3. The van der Waals surface area contributed by atoms with Crippen molar-refractivity contribution in [3.63, 3.8) is 0 Å². The highest BCUT2D eigenvalue weighted by Crippen LogP contribution is 2.47. The number of anilines is 1. The van der Waals surface area contributed by atoms with Crippen molar-refractivity contribution >= 4 is 13.3 Å². The van der Waals surface area contributed by atoms with Gasteiger partial charge >= 0.3 is 7.60 Å². The first-order chi connectivity index (χ1) is 13.7. The van der Waals surface area contributed by atoms with E-state index in [1.807, 2.05) is 19.9 Å². The molecule has 0 radical (unpaired) electrons. The van der Waals surface area contributed by atoms with E-state index in [4.69, 9.17) is 9.05 Å². The second kappa shape index (κ2) is 10.3. The molecule has 0 aliphatic rings. The zero-order chi connectivity index (χ0) is 21.6. The molecule has 2 rings (SSSR count). The highest BCUT2D eigenvalue weighted by atomic mass is 31.2. The number of phenolic OH excluding ortho intramolecular Hbond substituents is 1. The van der Waals surface area contributed by atoms with Crippen molar-refractivity contribution in [3.8, 4) is 5.75 Å². The predicted molar refractivity (Wildman–Crippen MR) is 120 cm³/mol. The second-order valence-electron chi connectivity index (χ2n) is 7.59. The molecule has 0 aliphatic heterocycles. The van der Waals surface area contributed by atoms with Crippen molar-refractivity contribution in [2.24, 2.45) is 0 Å². The summed E-state index contributed by atoms with van der Waals surface area (Å²) in [6.45, 7) is 12.6. The van der Waals surface area contributed by atoms with Gasteiger partial charge in [-0.25, -0.2) is 0 Å². The molecule has 0 fully saturated rings. The van der Waals surface area contributed by atoms with E-state index < -0.39 is 7.60 Å². The largest absolute Gasteiger partial charge is 0.508 e. The van der Waals surface area contributed by atoms with Crippen LogP contribution in [0.5, 0.6) is 5.75 Å². The maximum absolute atomic E-state index is 12.7. The fourth-order valence-electron chi connectivity index (χ4n) is 3.46. The van der Waals surface area contributed by atoms with E-state index >= 15 is 0 Å². The molecule has 0 aliphatic carbocycles. The minimum absolute atomic E-state index is 0.141. The molecule has 160 valence electrons. The fraction of sp³-hybridized carbons (Fsp3) is 0.478. The van der Waals surface area contributed by atoms with Crippen LogP contribution in [0, 0.1) is 13.8 Å². The number of aryl methyl sites for hydroxylation is 2. The fourth-order valence-corrected chi connectivity index (χ4v) is 4.88. The monoisotopic (exact) mass is 419 g/mol. The maximum Gasteiger partial charge on any atom is 0.349 e. The van der Waals surface area contributed by atoms with Gasteiger partial charge in [-0.2, -0.15) is 0 Å². The van der Waals surface area contributed by atoms with E-state index in [0.29, 0.717) is 19.0 Å². The van der Waals surface area contributed by atoms with Crippen LogP contribution in [-0.4, -0.2) is 24.6 Å².